The molecule has 2 saturated heterocycles. The fourth-order valence-electron chi connectivity index (χ4n) is 5.85. The third kappa shape index (κ3) is 3.82. The normalized spacial score (nSPS) is 30.4. The Hall–Kier alpha value is -3.05. The van der Waals surface area contributed by atoms with Gasteiger partial charge in [-0.1, -0.05) is 0 Å². The number of Topliss-reactive ketones (excluding diaryl/α,β-unsaturated/α-hetero) is 1. The number of nitro benzene ring substituents is 1. The number of imide groups is 1. The monoisotopic (exact) mass is 473 g/mol. The molecule has 4 rings (SSSR count). The minimum absolute atomic E-state index is 0.0625. The lowest BCUT2D eigenvalue weighted by atomic mass is 9.65. The predicted octanol–water partition coefficient (Wildman–Crippen LogP) is 0.909. The summed E-state index contributed by atoms with van der Waals surface area (Å²) >= 11 is 0. The predicted molar refractivity (Wildman–Crippen MR) is 125 cm³/mol. The van der Waals surface area contributed by atoms with Gasteiger partial charge in [-0.15, -0.1) is 0 Å². The van der Waals surface area contributed by atoms with E-state index in [4.69, 9.17) is 10.5 Å². The number of benzene rings is 1. The number of rotatable bonds is 4. The molecule has 1 aromatic rings. The number of carbonyl (C=O) groups excluding carboxylic acids is 3. The topological polar surface area (TPSA) is 148 Å². The number of hydrogen-bond acceptors (Lipinski definition) is 9. The summed E-state index contributed by atoms with van der Waals surface area (Å²) in [6.07, 6.45) is -0.0316. The first kappa shape index (κ1) is 24.1. The summed E-state index contributed by atoms with van der Waals surface area (Å²) in [5.74, 6) is -1.71. The van der Waals surface area contributed by atoms with Crippen molar-refractivity contribution < 1.29 is 24.0 Å². The highest BCUT2D eigenvalue weighted by Crippen LogP contribution is 2.49. The Morgan fingerprint density at radius 2 is 1.91 bits per heavy atom. The molecule has 1 aromatic carbocycles. The van der Waals surface area contributed by atoms with Crippen LogP contribution in [0.3, 0.4) is 0 Å². The Bertz CT molecular complexity index is 1060. The lowest BCUT2D eigenvalue weighted by Gasteiger charge is -2.54. The number of morpholine rings is 1. The zero-order chi connectivity index (χ0) is 24.9. The second kappa shape index (κ2) is 8.62. The minimum atomic E-state index is -1.64. The van der Waals surface area contributed by atoms with E-state index in [1.165, 1.54) is 19.9 Å². The van der Waals surface area contributed by atoms with E-state index in [0.29, 0.717) is 30.9 Å². The van der Waals surface area contributed by atoms with Gasteiger partial charge in [0.25, 0.3) is 5.69 Å². The molecule has 34 heavy (non-hydrogen) atoms. The lowest BCUT2D eigenvalue weighted by Crippen LogP contribution is -2.69. The Morgan fingerprint density at radius 3 is 2.47 bits per heavy atom. The summed E-state index contributed by atoms with van der Waals surface area (Å²) < 4.78 is 6.04. The first-order valence-electron chi connectivity index (χ1n) is 11.5. The van der Waals surface area contributed by atoms with Gasteiger partial charge in [-0.2, -0.15) is 0 Å². The van der Waals surface area contributed by atoms with E-state index in [-0.39, 0.29) is 24.3 Å². The Morgan fingerprint density at radius 1 is 1.21 bits per heavy atom. The molecule has 0 bridgehead atoms. The van der Waals surface area contributed by atoms with Crippen LogP contribution in [-0.4, -0.2) is 66.4 Å². The molecule has 0 aliphatic carbocycles. The number of amides is 2. The largest absolute Gasteiger partial charge is 0.372 e. The van der Waals surface area contributed by atoms with Crippen LogP contribution >= 0.6 is 0 Å². The first-order valence-corrected chi connectivity index (χ1v) is 11.5. The van der Waals surface area contributed by atoms with Crippen LogP contribution in [0.4, 0.5) is 17.1 Å². The number of ether oxygens (including phenoxy) is 1. The molecule has 3 aliphatic rings. The van der Waals surface area contributed by atoms with Crippen molar-refractivity contribution in [3.05, 3.63) is 27.8 Å². The van der Waals surface area contributed by atoms with Gasteiger partial charge in [0.1, 0.15) is 16.9 Å². The van der Waals surface area contributed by atoms with Crippen LogP contribution in [0.25, 0.3) is 0 Å². The molecule has 11 heteroatoms. The van der Waals surface area contributed by atoms with Gasteiger partial charge in [-0.3, -0.25) is 29.8 Å². The van der Waals surface area contributed by atoms with Crippen molar-refractivity contribution in [1.82, 2.24) is 5.32 Å². The average Bonchev–Trinajstić information content (AvgIpc) is 3.17. The molecule has 11 nitrogen and oxygen atoms in total. The maximum absolute atomic E-state index is 13.4. The molecule has 184 valence electrons. The van der Waals surface area contributed by atoms with Crippen molar-refractivity contribution in [2.75, 3.05) is 29.4 Å². The van der Waals surface area contributed by atoms with Gasteiger partial charge in [0.15, 0.2) is 0 Å². The van der Waals surface area contributed by atoms with E-state index in [1.54, 1.807) is 6.07 Å². The van der Waals surface area contributed by atoms with Crippen molar-refractivity contribution in [1.29, 1.82) is 0 Å². The SMILES string of the molecule is CC(=O)NC(=O)[C@]1(C(C)=O)Cc2cc([N+](=O)[O-])c(N3CC[C@H](N)C3)cc2N2C[C@@H](C)O[C@@H](C)[C@@H]21. The van der Waals surface area contributed by atoms with E-state index in [0.717, 1.165) is 12.1 Å². The summed E-state index contributed by atoms with van der Waals surface area (Å²) in [5.41, 5.74) is 6.07. The third-order valence-corrected chi connectivity index (χ3v) is 7.23. The fourth-order valence-corrected chi connectivity index (χ4v) is 5.85. The van der Waals surface area contributed by atoms with Crippen LogP contribution in [0.1, 0.15) is 39.7 Å². The molecule has 3 heterocycles. The highest BCUT2D eigenvalue weighted by molar-refractivity contribution is 6.12. The number of nitrogens with zero attached hydrogens (tertiary/aromatic N) is 3. The maximum Gasteiger partial charge on any atom is 0.292 e. The Balaban J connectivity index is 1.93. The van der Waals surface area contributed by atoms with Gasteiger partial charge in [0, 0.05) is 44.4 Å². The number of anilines is 2. The lowest BCUT2D eigenvalue weighted by molar-refractivity contribution is -0.384. The number of nitro groups is 1. The second-order valence-electron chi connectivity index (χ2n) is 9.69. The van der Waals surface area contributed by atoms with Crippen LogP contribution in [0.2, 0.25) is 0 Å². The number of hydrogen-bond donors (Lipinski definition) is 2. The van der Waals surface area contributed by atoms with E-state index in [2.05, 4.69) is 5.32 Å². The molecule has 0 radical (unpaired) electrons. The van der Waals surface area contributed by atoms with Crippen molar-refractivity contribution >= 4 is 34.7 Å². The number of nitrogens with one attached hydrogen (secondary N) is 1. The van der Waals surface area contributed by atoms with Crippen LogP contribution in [-0.2, 0) is 25.5 Å². The molecule has 0 aromatic heterocycles. The Kier molecular flexibility index (Phi) is 6.11. The molecule has 2 amide bonds. The van der Waals surface area contributed by atoms with Crippen molar-refractivity contribution in [3.63, 3.8) is 0 Å². The van der Waals surface area contributed by atoms with Crippen molar-refractivity contribution in [2.24, 2.45) is 11.1 Å². The molecule has 0 unspecified atom stereocenters. The number of fused-ring (bicyclic) bond motifs is 3. The van der Waals surface area contributed by atoms with Gasteiger partial charge in [0.2, 0.25) is 11.8 Å². The van der Waals surface area contributed by atoms with Crippen molar-refractivity contribution in [2.45, 2.75) is 64.8 Å². The highest BCUT2D eigenvalue weighted by atomic mass is 16.6. The van der Waals surface area contributed by atoms with Gasteiger partial charge in [-0.05, 0) is 45.2 Å². The summed E-state index contributed by atoms with van der Waals surface area (Å²) in [6, 6.07) is 2.51. The third-order valence-electron chi connectivity index (χ3n) is 7.23. The average molecular weight is 474 g/mol. The van der Waals surface area contributed by atoms with E-state index in [9.17, 15) is 24.5 Å². The summed E-state index contributed by atoms with van der Waals surface area (Å²) in [6.45, 7) is 7.75. The fraction of sp³-hybridized carbons (Fsp3) is 0.609. The molecule has 3 aliphatic heterocycles. The smallest absolute Gasteiger partial charge is 0.292 e. The molecule has 2 fully saturated rings. The van der Waals surface area contributed by atoms with E-state index in [1.807, 2.05) is 23.6 Å². The van der Waals surface area contributed by atoms with Gasteiger partial charge >= 0.3 is 0 Å². The second-order valence-corrected chi connectivity index (χ2v) is 9.69. The maximum atomic E-state index is 13.4. The molecule has 0 spiro atoms. The summed E-state index contributed by atoms with van der Waals surface area (Å²) in [5, 5.41) is 14.3. The van der Waals surface area contributed by atoms with Gasteiger partial charge in [0.05, 0.1) is 23.2 Å². The number of ketones is 1. The van der Waals surface area contributed by atoms with Crippen LogP contribution in [0, 0.1) is 15.5 Å². The van der Waals surface area contributed by atoms with Gasteiger partial charge in [-0.25, -0.2) is 0 Å². The minimum Gasteiger partial charge on any atom is -0.372 e. The molecular weight excluding hydrogens is 442 g/mol. The number of carbonyl (C=O) groups is 3. The van der Waals surface area contributed by atoms with Crippen LogP contribution in [0.5, 0.6) is 0 Å². The zero-order valence-electron chi connectivity index (χ0n) is 19.9. The summed E-state index contributed by atoms with van der Waals surface area (Å²) in [7, 11) is 0. The Labute approximate surface area is 197 Å². The highest BCUT2D eigenvalue weighted by Gasteiger charge is 2.59. The number of nitrogens with two attached hydrogens (primary N) is 1. The quantitative estimate of drug-likeness (QED) is 0.370. The van der Waals surface area contributed by atoms with Gasteiger partial charge < -0.3 is 20.3 Å². The summed E-state index contributed by atoms with van der Waals surface area (Å²) in [4.78, 5) is 53.8. The van der Waals surface area contributed by atoms with E-state index < -0.39 is 40.1 Å². The molecule has 0 saturated carbocycles. The molecular formula is C23H31N5O6. The van der Waals surface area contributed by atoms with Crippen molar-refractivity contribution in [3.8, 4) is 0 Å². The molecule has 3 N–H and O–H groups in total. The van der Waals surface area contributed by atoms with Crippen LogP contribution < -0.4 is 20.9 Å². The van der Waals surface area contributed by atoms with E-state index >= 15 is 0 Å². The van der Waals surface area contributed by atoms with Crippen LogP contribution in [0.15, 0.2) is 12.1 Å². The first-order chi connectivity index (χ1) is 16.0. The zero-order valence-corrected chi connectivity index (χ0v) is 19.9. The standard InChI is InChI=1S/C23H31N5O6/c1-12-10-27-18-8-19(26-6-5-17(24)11-26)20(28(32)33)7-16(18)9-23(14(3)29,21(27)13(2)34-12)22(31)25-15(4)30/h7-8,12-13,17,21H,5-6,9-11,24H2,1-4H3,(H,25,30,31)/t12-,13+,17+,21-,23+/m1/s1. The molecule has 5 atom stereocenters.